The van der Waals surface area contributed by atoms with E-state index >= 15 is 0 Å². The van der Waals surface area contributed by atoms with E-state index < -0.39 is 0 Å². The van der Waals surface area contributed by atoms with E-state index in [2.05, 4.69) is 20.3 Å². The molecule has 0 atom stereocenters. The highest BCUT2D eigenvalue weighted by molar-refractivity contribution is 7.98. The smallest absolute Gasteiger partial charge is 0.187 e. The molecule has 0 saturated heterocycles. The molecule has 4 aromatic rings. The molecule has 0 aliphatic carbocycles. The van der Waals surface area contributed by atoms with Crippen molar-refractivity contribution in [3.05, 3.63) is 64.4 Å². The van der Waals surface area contributed by atoms with Crippen LogP contribution in [0.15, 0.2) is 53.8 Å². The average molecular weight is 418 g/mol. The predicted octanol–water partition coefficient (Wildman–Crippen LogP) is 4.82. The van der Waals surface area contributed by atoms with E-state index in [-0.39, 0.29) is 0 Å². The van der Waals surface area contributed by atoms with Crippen molar-refractivity contribution in [2.24, 2.45) is 0 Å². The Morgan fingerprint density at radius 3 is 2.63 bits per heavy atom. The summed E-state index contributed by atoms with van der Waals surface area (Å²) < 4.78 is 6.87. The third-order valence-electron chi connectivity index (χ3n) is 3.90. The van der Waals surface area contributed by atoms with E-state index in [1.807, 2.05) is 36.4 Å². The highest BCUT2D eigenvalue weighted by atomic mass is 35.5. The number of methoxy groups -OCH3 is 1. The maximum atomic E-state index is 6.25. The first kappa shape index (κ1) is 18.0. The van der Waals surface area contributed by atoms with Crippen LogP contribution in [0.3, 0.4) is 0 Å². The molecule has 27 heavy (non-hydrogen) atoms. The van der Waals surface area contributed by atoms with Crippen molar-refractivity contribution in [3.8, 4) is 11.4 Å². The first-order chi connectivity index (χ1) is 13.2. The van der Waals surface area contributed by atoms with Gasteiger partial charge in [0.05, 0.1) is 12.8 Å². The molecule has 0 bridgehead atoms. The van der Waals surface area contributed by atoms with Crippen LogP contribution in [0.1, 0.15) is 5.56 Å². The second kappa shape index (κ2) is 7.72. The van der Waals surface area contributed by atoms with Crippen LogP contribution >= 0.6 is 35.0 Å². The van der Waals surface area contributed by atoms with E-state index in [0.29, 0.717) is 27.0 Å². The molecule has 0 unspecified atom stereocenters. The summed E-state index contributed by atoms with van der Waals surface area (Å²) in [5.74, 6) is 1.41. The molecule has 0 aliphatic rings. The highest BCUT2D eigenvalue weighted by Crippen LogP contribution is 2.30. The third-order valence-corrected chi connectivity index (χ3v) is 5.52. The van der Waals surface area contributed by atoms with Gasteiger partial charge in [0.1, 0.15) is 17.1 Å². The Labute approximate surface area is 169 Å². The van der Waals surface area contributed by atoms with Crippen molar-refractivity contribution in [2.45, 2.75) is 10.8 Å². The quantitative estimate of drug-likeness (QED) is 0.342. The van der Waals surface area contributed by atoms with Crippen LogP contribution in [0, 0.1) is 0 Å². The van der Waals surface area contributed by atoms with Gasteiger partial charge in [0.15, 0.2) is 11.2 Å². The summed E-state index contributed by atoms with van der Waals surface area (Å²) in [5.41, 5.74) is 3.09. The first-order valence-electron chi connectivity index (χ1n) is 7.93. The first-order valence-corrected chi connectivity index (χ1v) is 9.67. The second-order valence-electron chi connectivity index (χ2n) is 5.57. The van der Waals surface area contributed by atoms with Crippen LogP contribution in [0.4, 0.5) is 0 Å². The zero-order valence-corrected chi connectivity index (χ0v) is 16.5. The van der Waals surface area contributed by atoms with Crippen molar-refractivity contribution in [3.63, 3.8) is 0 Å². The van der Waals surface area contributed by atoms with Crippen molar-refractivity contribution in [1.29, 1.82) is 0 Å². The van der Waals surface area contributed by atoms with E-state index in [1.54, 1.807) is 17.9 Å². The fourth-order valence-electron chi connectivity index (χ4n) is 2.52. The van der Waals surface area contributed by atoms with Crippen LogP contribution in [-0.2, 0) is 5.75 Å². The SMILES string of the molecule is COc1ccc(-n2nnc3c(SCc4ccc(Cl)cc4Cl)ncnc32)cc1. The largest absolute Gasteiger partial charge is 0.497 e. The summed E-state index contributed by atoms with van der Waals surface area (Å²) in [4.78, 5) is 8.69. The molecule has 0 N–H and O–H groups in total. The normalized spacial score (nSPS) is 11.1. The van der Waals surface area contributed by atoms with E-state index in [4.69, 9.17) is 27.9 Å². The topological polar surface area (TPSA) is 65.7 Å². The monoisotopic (exact) mass is 417 g/mol. The Hall–Kier alpha value is -2.35. The average Bonchev–Trinajstić information content (AvgIpc) is 3.12. The molecule has 0 amide bonds. The summed E-state index contributed by atoms with van der Waals surface area (Å²) in [5, 5.41) is 10.5. The van der Waals surface area contributed by atoms with Crippen LogP contribution in [-0.4, -0.2) is 32.1 Å². The lowest BCUT2D eigenvalue weighted by Crippen LogP contribution is -1.98. The molecule has 0 saturated carbocycles. The third kappa shape index (κ3) is 3.71. The number of fused-ring (bicyclic) bond motifs is 1. The maximum Gasteiger partial charge on any atom is 0.187 e. The van der Waals surface area contributed by atoms with Gasteiger partial charge in [-0.2, -0.15) is 4.68 Å². The van der Waals surface area contributed by atoms with Crippen LogP contribution < -0.4 is 4.74 Å². The molecule has 9 heteroatoms. The molecule has 4 rings (SSSR count). The number of halogens is 2. The summed E-state index contributed by atoms with van der Waals surface area (Å²) in [6, 6.07) is 13.0. The summed E-state index contributed by atoms with van der Waals surface area (Å²) in [6.45, 7) is 0. The van der Waals surface area contributed by atoms with Gasteiger partial charge in [0.25, 0.3) is 0 Å². The van der Waals surface area contributed by atoms with Gasteiger partial charge < -0.3 is 4.74 Å². The Kier molecular flexibility index (Phi) is 5.15. The molecule has 2 aromatic carbocycles. The minimum atomic E-state index is 0.612. The number of thioether (sulfide) groups is 1. The van der Waals surface area contributed by atoms with E-state index in [0.717, 1.165) is 22.0 Å². The fraction of sp³-hybridized carbons (Fsp3) is 0.111. The van der Waals surface area contributed by atoms with Gasteiger partial charge in [-0.05, 0) is 42.0 Å². The molecule has 136 valence electrons. The Morgan fingerprint density at radius 2 is 1.89 bits per heavy atom. The molecule has 2 aromatic heterocycles. The minimum Gasteiger partial charge on any atom is -0.497 e. The fourth-order valence-corrected chi connectivity index (χ4v) is 4.01. The Balaban J connectivity index is 1.63. The van der Waals surface area contributed by atoms with Crippen molar-refractivity contribution in [2.75, 3.05) is 7.11 Å². The van der Waals surface area contributed by atoms with Crippen molar-refractivity contribution < 1.29 is 4.74 Å². The zero-order chi connectivity index (χ0) is 18.8. The molecule has 0 aliphatic heterocycles. The zero-order valence-electron chi connectivity index (χ0n) is 14.1. The van der Waals surface area contributed by atoms with Gasteiger partial charge in [-0.25, -0.2) is 9.97 Å². The number of nitrogens with zero attached hydrogens (tertiary/aromatic N) is 5. The highest BCUT2D eigenvalue weighted by Gasteiger charge is 2.14. The molecule has 2 heterocycles. The number of rotatable bonds is 5. The van der Waals surface area contributed by atoms with Crippen molar-refractivity contribution in [1.82, 2.24) is 25.0 Å². The minimum absolute atomic E-state index is 0.612. The Morgan fingerprint density at radius 1 is 1.07 bits per heavy atom. The van der Waals surface area contributed by atoms with Gasteiger partial charge >= 0.3 is 0 Å². The van der Waals surface area contributed by atoms with Crippen LogP contribution in [0.25, 0.3) is 16.9 Å². The lowest BCUT2D eigenvalue weighted by molar-refractivity contribution is 0.414. The lowest BCUT2D eigenvalue weighted by atomic mass is 10.2. The van der Waals surface area contributed by atoms with E-state index in [1.165, 1.54) is 18.1 Å². The summed E-state index contributed by atoms with van der Waals surface area (Å²) in [7, 11) is 1.63. The predicted molar refractivity (Wildman–Crippen MR) is 107 cm³/mol. The summed E-state index contributed by atoms with van der Waals surface area (Å²) in [6.07, 6.45) is 1.51. The van der Waals surface area contributed by atoms with E-state index in [9.17, 15) is 0 Å². The van der Waals surface area contributed by atoms with Gasteiger partial charge in [0, 0.05) is 15.8 Å². The number of hydrogen-bond donors (Lipinski definition) is 0. The summed E-state index contributed by atoms with van der Waals surface area (Å²) >= 11 is 13.7. The number of ether oxygens (including phenoxy) is 1. The number of aromatic nitrogens is 5. The van der Waals surface area contributed by atoms with Gasteiger partial charge in [-0.15, -0.1) is 5.10 Å². The van der Waals surface area contributed by atoms with Gasteiger partial charge in [-0.1, -0.05) is 46.2 Å². The second-order valence-corrected chi connectivity index (χ2v) is 7.38. The number of hydrogen-bond acceptors (Lipinski definition) is 6. The Bertz CT molecular complexity index is 1100. The maximum absolute atomic E-state index is 6.25. The van der Waals surface area contributed by atoms with Gasteiger partial charge in [0.2, 0.25) is 0 Å². The van der Waals surface area contributed by atoms with Gasteiger partial charge in [-0.3, -0.25) is 0 Å². The van der Waals surface area contributed by atoms with Crippen LogP contribution in [0.2, 0.25) is 10.0 Å². The standard InChI is InChI=1S/C18H13Cl2N5OS/c1-26-14-6-4-13(5-7-14)25-17-16(23-24-25)18(22-10-21-17)27-9-11-2-3-12(19)8-15(11)20/h2-8,10H,9H2,1H3. The molecule has 6 nitrogen and oxygen atoms in total. The van der Waals surface area contributed by atoms with Crippen molar-refractivity contribution >= 4 is 46.1 Å². The van der Waals surface area contributed by atoms with Crippen LogP contribution in [0.5, 0.6) is 5.75 Å². The molecule has 0 fully saturated rings. The lowest BCUT2D eigenvalue weighted by Gasteiger charge is -2.05. The molecular formula is C18H13Cl2N5OS. The number of benzene rings is 2. The molecule has 0 spiro atoms. The molecular weight excluding hydrogens is 405 g/mol. The molecule has 0 radical (unpaired) electrons.